The lowest BCUT2D eigenvalue weighted by Gasteiger charge is -2.22. The summed E-state index contributed by atoms with van der Waals surface area (Å²) in [5, 5.41) is 19.9. The molecule has 6 nitrogen and oxygen atoms in total. The summed E-state index contributed by atoms with van der Waals surface area (Å²) in [6, 6.07) is -0.144. The Morgan fingerprint density at radius 2 is 2.12 bits per heavy atom. The fourth-order valence-electron chi connectivity index (χ4n) is 1.96. The Morgan fingerprint density at radius 1 is 1.50 bits per heavy atom. The average Bonchev–Trinajstić information content (AvgIpc) is 2.53. The van der Waals surface area contributed by atoms with Gasteiger partial charge < -0.3 is 20.4 Å². The number of nitrogens with zero attached hydrogens (tertiary/aromatic N) is 1. The van der Waals surface area contributed by atoms with E-state index >= 15 is 0 Å². The highest BCUT2D eigenvalue weighted by atomic mass is 16.4. The van der Waals surface area contributed by atoms with Gasteiger partial charge in [-0.1, -0.05) is 6.92 Å². The van der Waals surface area contributed by atoms with Crippen LogP contribution in [-0.4, -0.2) is 52.3 Å². The molecule has 1 fully saturated rings. The Bertz CT molecular complexity index is 282. The quantitative estimate of drug-likeness (QED) is 0.630. The molecule has 1 rings (SSSR count). The molecule has 6 heteroatoms. The summed E-state index contributed by atoms with van der Waals surface area (Å²) in [5.41, 5.74) is 0. The van der Waals surface area contributed by atoms with Crippen molar-refractivity contribution in [3.8, 4) is 0 Å². The minimum Gasteiger partial charge on any atom is -0.479 e. The maximum atomic E-state index is 11.6. The van der Waals surface area contributed by atoms with Crippen LogP contribution >= 0.6 is 0 Å². The molecule has 0 spiro atoms. The van der Waals surface area contributed by atoms with Crippen LogP contribution in [0.5, 0.6) is 0 Å². The second-order valence-electron chi connectivity index (χ2n) is 4.38. The smallest absolute Gasteiger partial charge is 0.334 e. The number of carbonyl (C=O) groups excluding carboxylic acids is 1. The molecular formula is C10H18N2O4. The number of rotatable bonds is 3. The maximum Gasteiger partial charge on any atom is 0.334 e. The molecule has 0 aromatic rings. The predicted octanol–water partition coefficient (Wildman–Crippen LogP) is -0.128. The van der Waals surface area contributed by atoms with Crippen molar-refractivity contribution in [2.24, 2.45) is 5.92 Å². The van der Waals surface area contributed by atoms with Gasteiger partial charge in [0.15, 0.2) is 6.10 Å². The molecular weight excluding hydrogens is 212 g/mol. The van der Waals surface area contributed by atoms with Crippen LogP contribution < -0.4 is 5.32 Å². The van der Waals surface area contributed by atoms with Gasteiger partial charge >= 0.3 is 12.0 Å². The van der Waals surface area contributed by atoms with Gasteiger partial charge in [-0.25, -0.2) is 9.59 Å². The van der Waals surface area contributed by atoms with E-state index < -0.39 is 12.1 Å². The monoisotopic (exact) mass is 230 g/mol. The van der Waals surface area contributed by atoms with E-state index in [0.29, 0.717) is 12.5 Å². The average molecular weight is 230 g/mol. The zero-order chi connectivity index (χ0) is 12.3. The molecule has 0 saturated carbocycles. The molecule has 0 radical (unpaired) electrons. The van der Waals surface area contributed by atoms with Crippen molar-refractivity contribution in [2.75, 3.05) is 13.1 Å². The number of hydrogen-bond acceptors (Lipinski definition) is 3. The minimum absolute atomic E-state index is 0.164. The summed E-state index contributed by atoms with van der Waals surface area (Å²) >= 11 is 0. The SMILES string of the molecule is CC1CC(C)N(C(=O)NCC(O)C(=O)O)C1. The summed E-state index contributed by atoms with van der Waals surface area (Å²) in [6.07, 6.45) is -0.589. The molecule has 0 bridgehead atoms. The third-order valence-corrected chi connectivity index (χ3v) is 2.78. The second-order valence-corrected chi connectivity index (χ2v) is 4.38. The number of aliphatic hydroxyl groups is 1. The van der Waals surface area contributed by atoms with Crippen LogP contribution in [0.1, 0.15) is 20.3 Å². The van der Waals surface area contributed by atoms with Gasteiger partial charge in [0.25, 0.3) is 0 Å². The third-order valence-electron chi connectivity index (χ3n) is 2.78. The normalized spacial score (nSPS) is 26.6. The Balaban J connectivity index is 2.38. The summed E-state index contributed by atoms with van der Waals surface area (Å²) in [7, 11) is 0. The Hall–Kier alpha value is -1.30. The first-order chi connectivity index (χ1) is 7.41. The Labute approximate surface area is 94.2 Å². The fourth-order valence-corrected chi connectivity index (χ4v) is 1.96. The highest BCUT2D eigenvalue weighted by Crippen LogP contribution is 2.21. The van der Waals surface area contributed by atoms with Gasteiger partial charge in [0.1, 0.15) is 0 Å². The largest absolute Gasteiger partial charge is 0.479 e. The predicted molar refractivity (Wildman–Crippen MR) is 57.0 cm³/mol. The maximum absolute atomic E-state index is 11.6. The number of hydrogen-bond donors (Lipinski definition) is 3. The van der Waals surface area contributed by atoms with Crippen LogP contribution in [0.15, 0.2) is 0 Å². The van der Waals surface area contributed by atoms with E-state index in [2.05, 4.69) is 12.2 Å². The van der Waals surface area contributed by atoms with Crippen molar-refractivity contribution in [3.63, 3.8) is 0 Å². The van der Waals surface area contributed by atoms with Gasteiger partial charge in [-0.05, 0) is 19.3 Å². The van der Waals surface area contributed by atoms with Crippen LogP contribution in [0.2, 0.25) is 0 Å². The van der Waals surface area contributed by atoms with Gasteiger partial charge in [-0.2, -0.15) is 0 Å². The molecule has 1 aliphatic rings. The number of aliphatic hydroxyl groups excluding tert-OH is 1. The molecule has 3 unspecified atom stereocenters. The first-order valence-electron chi connectivity index (χ1n) is 5.37. The van der Waals surface area contributed by atoms with Crippen molar-refractivity contribution in [1.29, 1.82) is 0 Å². The van der Waals surface area contributed by atoms with E-state index in [4.69, 9.17) is 10.2 Å². The van der Waals surface area contributed by atoms with Crippen molar-refractivity contribution in [2.45, 2.75) is 32.4 Å². The van der Waals surface area contributed by atoms with E-state index in [0.717, 1.165) is 6.42 Å². The Morgan fingerprint density at radius 3 is 2.56 bits per heavy atom. The van der Waals surface area contributed by atoms with Gasteiger partial charge in [0, 0.05) is 12.6 Å². The lowest BCUT2D eigenvalue weighted by Crippen LogP contribution is -2.45. The summed E-state index contributed by atoms with van der Waals surface area (Å²) in [6.45, 7) is 4.44. The van der Waals surface area contributed by atoms with E-state index in [-0.39, 0.29) is 18.6 Å². The molecule has 92 valence electrons. The highest BCUT2D eigenvalue weighted by molar-refractivity contribution is 5.77. The molecule has 3 atom stereocenters. The molecule has 16 heavy (non-hydrogen) atoms. The van der Waals surface area contributed by atoms with Gasteiger partial charge in [0.2, 0.25) is 0 Å². The topological polar surface area (TPSA) is 89.9 Å². The lowest BCUT2D eigenvalue weighted by atomic mass is 10.1. The Kier molecular flexibility index (Phi) is 4.12. The van der Waals surface area contributed by atoms with Crippen molar-refractivity contribution >= 4 is 12.0 Å². The minimum atomic E-state index is -1.54. The fraction of sp³-hybridized carbons (Fsp3) is 0.800. The molecule has 1 saturated heterocycles. The number of nitrogens with one attached hydrogen (secondary N) is 1. The summed E-state index contributed by atoms with van der Waals surface area (Å²) < 4.78 is 0. The van der Waals surface area contributed by atoms with Gasteiger partial charge in [0.05, 0.1) is 6.54 Å². The number of urea groups is 1. The van der Waals surface area contributed by atoms with Gasteiger partial charge in [-0.3, -0.25) is 0 Å². The number of likely N-dealkylation sites (tertiary alicyclic amines) is 1. The molecule has 1 aliphatic heterocycles. The van der Waals surface area contributed by atoms with E-state index in [9.17, 15) is 9.59 Å². The third kappa shape index (κ3) is 3.10. The number of aliphatic carboxylic acids is 1. The van der Waals surface area contributed by atoms with E-state index in [1.807, 2.05) is 6.92 Å². The highest BCUT2D eigenvalue weighted by Gasteiger charge is 2.30. The van der Waals surface area contributed by atoms with Crippen LogP contribution in [0.4, 0.5) is 4.79 Å². The van der Waals surface area contributed by atoms with Crippen molar-refractivity contribution in [1.82, 2.24) is 10.2 Å². The van der Waals surface area contributed by atoms with Crippen LogP contribution in [0, 0.1) is 5.92 Å². The zero-order valence-electron chi connectivity index (χ0n) is 9.51. The zero-order valence-corrected chi connectivity index (χ0v) is 9.51. The number of carboxylic acids is 1. The van der Waals surface area contributed by atoms with Crippen molar-refractivity contribution < 1.29 is 19.8 Å². The molecule has 0 aromatic heterocycles. The number of carboxylic acid groups (broad SMARTS) is 1. The van der Waals surface area contributed by atoms with Crippen molar-refractivity contribution in [3.05, 3.63) is 0 Å². The van der Waals surface area contributed by atoms with E-state index in [1.54, 1.807) is 4.90 Å². The molecule has 0 aliphatic carbocycles. The number of carbonyl (C=O) groups is 2. The molecule has 2 amide bonds. The first-order valence-corrected chi connectivity index (χ1v) is 5.37. The van der Waals surface area contributed by atoms with Gasteiger partial charge in [-0.15, -0.1) is 0 Å². The lowest BCUT2D eigenvalue weighted by molar-refractivity contribution is -0.146. The molecule has 0 aromatic carbocycles. The van der Waals surface area contributed by atoms with Crippen LogP contribution in [-0.2, 0) is 4.79 Å². The van der Waals surface area contributed by atoms with Crippen LogP contribution in [0.25, 0.3) is 0 Å². The summed E-state index contributed by atoms with van der Waals surface area (Å²) in [5.74, 6) is -0.867. The first kappa shape index (κ1) is 12.8. The molecule has 3 N–H and O–H groups in total. The van der Waals surface area contributed by atoms with E-state index in [1.165, 1.54) is 0 Å². The second kappa shape index (κ2) is 5.16. The molecule has 1 heterocycles. The summed E-state index contributed by atoms with van der Waals surface area (Å²) in [4.78, 5) is 23.6. The standard InChI is InChI=1S/C10H18N2O4/c1-6-3-7(2)12(5-6)10(16)11-4-8(13)9(14)15/h6-8,13H,3-5H2,1-2H3,(H,11,16)(H,14,15). The van der Waals surface area contributed by atoms with Crippen LogP contribution in [0.3, 0.4) is 0 Å². The number of amides is 2.